The minimum Gasteiger partial charge on any atom is -0.478 e. The number of benzene rings is 2. The molecule has 0 saturated carbocycles. The molecule has 0 aromatic heterocycles. The molecule has 0 saturated heterocycles. The standard InChI is InChI=1S/C18H17NO4/c20-17(21)16-10-8-14(9-11-16)7-4-12-19-18(22)23-13-15-5-2-1-3-6-15/h1-11H,12-13H2,(H,19,22)(H,20,21). The molecule has 2 N–H and O–H groups in total. The SMILES string of the molecule is O=C(NCC=Cc1ccc(C(=O)O)cc1)OCc1ccccc1. The van der Waals surface area contributed by atoms with E-state index >= 15 is 0 Å². The predicted molar refractivity (Wildman–Crippen MR) is 87.1 cm³/mol. The molecule has 0 fully saturated rings. The summed E-state index contributed by atoms with van der Waals surface area (Å²) in [5.41, 5.74) is 2.02. The number of hydrogen-bond acceptors (Lipinski definition) is 3. The van der Waals surface area contributed by atoms with Crippen LogP contribution in [-0.2, 0) is 11.3 Å². The summed E-state index contributed by atoms with van der Waals surface area (Å²) < 4.78 is 5.07. The highest BCUT2D eigenvalue weighted by Crippen LogP contribution is 2.06. The third-order valence-electron chi connectivity index (χ3n) is 3.04. The summed E-state index contributed by atoms with van der Waals surface area (Å²) in [5.74, 6) is -0.955. The largest absolute Gasteiger partial charge is 0.478 e. The van der Waals surface area contributed by atoms with Crippen molar-refractivity contribution in [1.29, 1.82) is 0 Å². The first kappa shape index (κ1) is 16.3. The van der Waals surface area contributed by atoms with Crippen molar-refractivity contribution in [1.82, 2.24) is 5.32 Å². The molecule has 0 atom stereocenters. The molecule has 118 valence electrons. The number of nitrogens with one attached hydrogen (secondary N) is 1. The van der Waals surface area contributed by atoms with Crippen LogP contribution in [0.1, 0.15) is 21.5 Å². The second-order valence-corrected chi connectivity index (χ2v) is 4.77. The molecule has 0 heterocycles. The number of hydrogen-bond donors (Lipinski definition) is 2. The summed E-state index contributed by atoms with van der Waals surface area (Å²) >= 11 is 0. The zero-order valence-corrected chi connectivity index (χ0v) is 12.4. The van der Waals surface area contributed by atoms with Gasteiger partial charge in [-0.2, -0.15) is 0 Å². The summed E-state index contributed by atoms with van der Waals surface area (Å²) in [7, 11) is 0. The first-order valence-corrected chi connectivity index (χ1v) is 7.09. The highest BCUT2D eigenvalue weighted by Gasteiger charge is 2.01. The van der Waals surface area contributed by atoms with E-state index in [1.165, 1.54) is 12.1 Å². The number of ether oxygens (including phenoxy) is 1. The molecule has 0 aliphatic heterocycles. The van der Waals surface area contributed by atoms with Gasteiger partial charge in [-0.25, -0.2) is 9.59 Å². The Morgan fingerprint density at radius 2 is 1.74 bits per heavy atom. The van der Waals surface area contributed by atoms with Crippen molar-refractivity contribution in [3.8, 4) is 0 Å². The first-order valence-electron chi connectivity index (χ1n) is 7.09. The zero-order chi connectivity index (χ0) is 16.5. The number of carboxylic acids is 1. The maximum atomic E-state index is 11.5. The van der Waals surface area contributed by atoms with Crippen LogP contribution in [-0.4, -0.2) is 23.7 Å². The first-order chi connectivity index (χ1) is 11.1. The lowest BCUT2D eigenvalue weighted by Gasteiger charge is -2.05. The molecule has 0 spiro atoms. The Balaban J connectivity index is 1.71. The average Bonchev–Trinajstić information content (AvgIpc) is 2.58. The van der Waals surface area contributed by atoms with Crippen molar-refractivity contribution in [2.45, 2.75) is 6.61 Å². The Kier molecular flexibility index (Phi) is 5.94. The van der Waals surface area contributed by atoms with E-state index in [-0.39, 0.29) is 12.2 Å². The van der Waals surface area contributed by atoms with E-state index in [1.807, 2.05) is 30.3 Å². The number of carbonyl (C=O) groups is 2. The molecule has 0 aliphatic rings. The Bertz CT molecular complexity index is 678. The van der Waals surface area contributed by atoms with Crippen molar-refractivity contribution >= 4 is 18.1 Å². The van der Waals surface area contributed by atoms with Gasteiger partial charge < -0.3 is 15.2 Å². The van der Waals surface area contributed by atoms with Crippen molar-refractivity contribution < 1.29 is 19.4 Å². The summed E-state index contributed by atoms with van der Waals surface area (Å²) in [6.07, 6.45) is 3.07. The lowest BCUT2D eigenvalue weighted by atomic mass is 10.1. The molecule has 0 unspecified atom stereocenters. The highest BCUT2D eigenvalue weighted by atomic mass is 16.5. The van der Waals surface area contributed by atoms with Crippen LogP contribution in [0.2, 0.25) is 0 Å². The molecule has 5 heteroatoms. The van der Waals surface area contributed by atoms with Crippen molar-refractivity contribution in [2.24, 2.45) is 0 Å². The average molecular weight is 311 g/mol. The van der Waals surface area contributed by atoms with Gasteiger partial charge in [0, 0.05) is 6.54 Å². The monoisotopic (exact) mass is 311 g/mol. The van der Waals surface area contributed by atoms with Crippen LogP contribution in [0.25, 0.3) is 6.08 Å². The minimum absolute atomic E-state index is 0.229. The molecule has 0 bridgehead atoms. The van der Waals surface area contributed by atoms with Crippen molar-refractivity contribution in [3.63, 3.8) is 0 Å². The second kappa shape index (κ2) is 8.38. The third-order valence-corrected chi connectivity index (χ3v) is 3.04. The maximum absolute atomic E-state index is 11.5. The van der Waals surface area contributed by atoms with Gasteiger partial charge in [-0.3, -0.25) is 0 Å². The number of alkyl carbamates (subject to hydrolysis) is 1. The van der Waals surface area contributed by atoms with E-state index in [0.29, 0.717) is 6.54 Å². The summed E-state index contributed by atoms with van der Waals surface area (Å²) in [6.45, 7) is 0.557. The fraction of sp³-hybridized carbons (Fsp3) is 0.111. The van der Waals surface area contributed by atoms with Crippen molar-refractivity contribution in [3.05, 3.63) is 77.4 Å². The summed E-state index contributed by atoms with van der Waals surface area (Å²) in [5, 5.41) is 11.4. The lowest BCUT2D eigenvalue weighted by Crippen LogP contribution is -2.24. The van der Waals surface area contributed by atoms with E-state index in [0.717, 1.165) is 11.1 Å². The molecular formula is C18H17NO4. The molecule has 1 amide bonds. The van der Waals surface area contributed by atoms with Gasteiger partial charge in [0.1, 0.15) is 6.61 Å². The van der Waals surface area contributed by atoms with Gasteiger partial charge in [-0.05, 0) is 23.3 Å². The molecule has 5 nitrogen and oxygen atoms in total. The Morgan fingerprint density at radius 1 is 1.04 bits per heavy atom. The van der Waals surface area contributed by atoms with Gasteiger partial charge in [0.25, 0.3) is 0 Å². The zero-order valence-electron chi connectivity index (χ0n) is 12.4. The predicted octanol–water partition coefficient (Wildman–Crippen LogP) is 3.32. The topological polar surface area (TPSA) is 75.6 Å². The Hall–Kier alpha value is -3.08. The highest BCUT2D eigenvalue weighted by molar-refractivity contribution is 5.87. The van der Waals surface area contributed by atoms with Gasteiger partial charge in [0.2, 0.25) is 0 Å². The molecule has 2 rings (SSSR count). The third kappa shape index (κ3) is 5.67. The smallest absolute Gasteiger partial charge is 0.407 e. The van der Waals surface area contributed by atoms with Gasteiger partial charge in [-0.1, -0.05) is 54.6 Å². The van der Waals surface area contributed by atoms with Crippen LogP contribution >= 0.6 is 0 Å². The van der Waals surface area contributed by atoms with E-state index in [2.05, 4.69) is 5.32 Å². The molecule has 23 heavy (non-hydrogen) atoms. The van der Waals surface area contributed by atoms with Crippen LogP contribution in [0.4, 0.5) is 4.79 Å². The van der Waals surface area contributed by atoms with Crippen LogP contribution < -0.4 is 5.32 Å². The molecule has 2 aromatic rings. The van der Waals surface area contributed by atoms with Crippen LogP contribution in [0.3, 0.4) is 0 Å². The number of carboxylic acid groups (broad SMARTS) is 1. The van der Waals surface area contributed by atoms with E-state index in [1.54, 1.807) is 24.3 Å². The number of amides is 1. The quantitative estimate of drug-likeness (QED) is 0.858. The van der Waals surface area contributed by atoms with Crippen LogP contribution in [0.15, 0.2) is 60.7 Å². The van der Waals surface area contributed by atoms with Gasteiger partial charge in [0.15, 0.2) is 0 Å². The summed E-state index contributed by atoms with van der Waals surface area (Å²) in [6, 6.07) is 15.9. The fourth-order valence-corrected chi connectivity index (χ4v) is 1.85. The van der Waals surface area contributed by atoms with Gasteiger partial charge >= 0.3 is 12.1 Å². The molecule has 0 radical (unpaired) electrons. The van der Waals surface area contributed by atoms with Crippen molar-refractivity contribution in [2.75, 3.05) is 6.54 Å². The maximum Gasteiger partial charge on any atom is 0.407 e. The van der Waals surface area contributed by atoms with Gasteiger partial charge in [-0.15, -0.1) is 0 Å². The molecule has 0 aliphatic carbocycles. The minimum atomic E-state index is -0.955. The van der Waals surface area contributed by atoms with Gasteiger partial charge in [0.05, 0.1) is 5.56 Å². The molecular weight excluding hydrogens is 294 g/mol. The normalized spacial score (nSPS) is 10.4. The van der Waals surface area contributed by atoms with Crippen LogP contribution in [0, 0.1) is 0 Å². The van der Waals surface area contributed by atoms with E-state index in [4.69, 9.17) is 9.84 Å². The number of aromatic carboxylic acids is 1. The lowest BCUT2D eigenvalue weighted by molar-refractivity contribution is 0.0697. The Morgan fingerprint density at radius 3 is 2.39 bits per heavy atom. The van der Waals surface area contributed by atoms with Crippen LogP contribution in [0.5, 0.6) is 0 Å². The number of carbonyl (C=O) groups excluding carboxylic acids is 1. The Labute approximate surface area is 134 Å². The molecule has 2 aromatic carbocycles. The summed E-state index contributed by atoms with van der Waals surface area (Å²) in [4.78, 5) is 22.2. The van der Waals surface area contributed by atoms with E-state index < -0.39 is 12.1 Å². The van der Waals surface area contributed by atoms with E-state index in [9.17, 15) is 9.59 Å². The number of rotatable bonds is 6. The fourth-order valence-electron chi connectivity index (χ4n) is 1.85. The second-order valence-electron chi connectivity index (χ2n) is 4.77.